The van der Waals surface area contributed by atoms with Crippen molar-refractivity contribution < 1.29 is 36.7 Å². The zero-order chi connectivity index (χ0) is 33.6. The maximum absolute atomic E-state index is 13.9. The normalized spacial score (nSPS) is 19.1. The lowest BCUT2D eigenvalue weighted by Crippen LogP contribution is -2.45. The lowest BCUT2D eigenvalue weighted by molar-refractivity contribution is -0.138. The van der Waals surface area contributed by atoms with Crippen LogP contribution < -0.4 is 20.9 Å². The summed E-state index contributed by atoms with van der Waals surface area (Å²) in [7, 11) is -2.32. The first-order valence-electron chi connectivity index (χ1n) is 15.1. The van der Waals surface area contributed by atoms with Gasteiger partial charge in [-0.25, -0.2) is 22.0 Å². The summed E-state index contributed by atoms with van der Waals surface area (Å²) >= 11 is 0. The van der Waals surface area contributed by atoms with Crippen molar-refractivity contribution >= 4 is 45.0 Å². The van der Waals surface area contributed by atoms with Crippen LogP contribution in [0.1, 0.15) is 44.8 Å². The van der Waals surface area contributed by atoms with Crippen LogP contribution in [0.5, 0.6) is 0 Å². The molecule has 2 saturated heterocycles. The molecule has 2 aromatic carbocycles. The summed E-state index contributed by atoms with van der Waals surface area (Å²) in [6.45, 7) is 2.86. The number of carbonyl (C=O) groups excluding carboxylic acids is 2. The Morgan fingerprint density at radius 2 is 1.66 bits per heavy atom. The van der Waals surface area contributed by atoms with Crippen molar-refractivity contribution in [1.29, 1.82) is 0 Å². The van der Waals surface area contributed by atoms with Crippen molar-refractivity contribution in [2.45, 2.75) is 36.7 Å². The van der Waals surface area contributed by atoms with Gasteiger partial charge >= 0.3 is 5.97 Å². The van der Waals surface area contributed by atoms with E-state index in [0.29, 0.717) is 61.2 Å². The van der Waals surface area contributed by atoms with Gasteiger partial charge in [0.05, 0.1) is 27.4 Å². The molecule has 2 amide bonds. The van der Waals surface area contributed by atoms with E-state index < -0.39 is 50.4 Å². The summed E-state index contributed by atoms with van der Waals surface area (Å²) in [6, 6.07) is 4.23. The predicted octanol–water partition coefficient (Wildman–Crippen LogP) is 1.59. The minimum absolute atomic E-state index is 0.0000208. The van der Waals surface area contributed by atoms with Gasteiger partial charge < -0.3 is 30.9 Å². The van der Waals surface area contributed by atoms with Gasteiger partial charge in [0.15, 0.2) is 5.82 Å². The Morgan fingerprint density at radius 3 is 2.32 bits per heavy atom. The van der Waals surface area contributed by atoms with E-state index >= 15 is 0 Å². The molecule has 17 heteroatoms. The lowest BCUT2D eigenvalue weighted by Gasteiger charge is -2.37. The number of primary amides is 1. The fourth-order valence-corrected chi connectivity index (χ4v) is 7.84. The molecule has 0 spiro atoms. The van der Waals surface area contributed by atoms with Gasteiger partial charge in [-0.1, -0.05) is 0 Å². The molecule has 3 aromatic rings. The minimum Gasteiger partial charge on any atom is -0.480 e. The Hall–Kier alpha value is -4.61. The van der Waals surface area contributed by atoms with Gasteiger partial charge in [0.2, 0.25) is 15.9 Å². The molecule has 4 heterocycles. The molecule has 1 aromatic heterocycles. The number of aromatic nitrogens is 2. The standard InChI is InChI=1S/C30H34F2N8O6S/c1-37-7-9-38(10-8-37)25-14-20(27(33)41)21(15-26(25)40-5-2-3-24(40)30(43)44)29(42)34-28-22-16-39(6-4-23(22)35-36-28)47(45,46)19-12-17(31)11-18(32)13-19/h11-15,24H,2-10,16H2,1H3,(H2,33,41)(H,43,44)(H2,34,35,36,42)/t24-/m1/s1. The highest BCUT2D eigenvalue weighted by molar-refractivity contribution is 7.89. The molecule has 3 aliphatic rings. The molecule has 250 valence electrons. The van der Waals surface area contributed by atoms with Crippen molar-refractivity contribution in [1.82, 2.24) is 19.4 Å². The van der Waals surface area contributed by atoms with E-state index in [-0.39, 0.29) is 36.5 Å². The van der Waals surface area contributed by atoms with E-state index in [4.69, 9.17) is 5.73 Å². The average molecular weight is 673 g/mol. The first-order valence-corrected chi connectivity index (χ1v) is 16.5. The molecular weight excluding hydrogens is 638 g/mol. The van der Waals surface area contributed by atoms with Crippen LogP contribution in [0.4, 0.5) is 26.0 Å². The molecule has 0 saturated carbocycles. The number of aliphatic carboxylic acids is 1. The maximum atomic E-state index is 13.9. The molecule has 6 rings (SSSR count). The minimum atomic E-state index is -4.31. The topological polar surface area (TPSA) is 185 Å². The van der Waals surface area contributed by atoms with Crippen molar-refractivity contribution in [3.63, 3.8) is 0 Å². The first kappa shape index (κ1) is 32.3. The molecule has 0 radical (unpaired) electrons. The van der Waals surface area contributed by atoms with Crippen molar-refractivity contribution in [3.8, 4) is 0 Å². The van der Waals surface area contributed by atoms with Gasteiger partial charge in [-0.05, 0) is 44.2 Å². The SMILES string of the molecule is CN1CCN(c2cc(C(N)=O)c(C(=O)Nc3n[nH]c4c3CN(S(=O)(=O)c3cc(F)cc(F)c3)CC4)cc2N2CCC[C@@H]2C(=O)O)CC1. The van der Waals surface area contributed by atoms with Crippen LogP contribution in [0.15, 0.2) is 35.2 Å². The number of nitrogens with zero attached hydrogens (tertiary/aromatic N) is 5. The number of hydrogen-bond donors (Lipinski definition) is 4. The number of nitrogens with one attached hydrogen (secondary N) is 2. The Morgan fingerprint density at radius 1 is 0.979 bits per heavy atom. The molecule has 14 nitrogen and oxygen atoms in total. The van der Waals surface area contributed by atoms with E-state index in [1.54, 1.807) is 4.90 Å². The van der Waals surface area contributed by atoms with E-state index in [1.807, 2.05) is 11.9 Å². The predicted molar refractivity (Wildman–Crippen MR) is 167 cm³/mol. The van der Waals surface area contributed by atoms with Crippen molar-refractivity contribution in [2.24, 2.45) is 5.73 Å². The Bertz CT molecular complexity index is 1840. The largest absolute Gasteiger partial charge is 0.480 e. The van der Waals surface area contributed by atoms with Crippen LogP contribution in [0.25, 0.3) is 0 Å². The monoisotopic (exact) mass is 672 g/mol. The van der Waals surface area contributed by atoms with Gasteiger partial charge in [0, 0.05) is 69.6 Å². The zero-order valence-corrected chi connectivity index (χ0v) is 26.3. The molecule has 5 N–H and O–H groups in total. The number of carboxylic acids is 1. The number of anilines is 3. The summed E-state index contributed by atoms with van der Waals surface area (Å²) in [5.74, 6) is -4.70. The Labute approximate surface area is 269 Å². The number of benzene rings is 2. The number of sulfonamides is 1. The highest BCUT2D eigenvalue weighted by atomic mass is 32.2. The second-order valence-corrected chi connectivity index (χ2v) is 13.8. The number of carboxylic acid groups (broad SMARTS) is 1. The summed E-state index contributed by atoms with van der Waals surface area (Å²) in [4.78, 5) is 44.2. The van der Waals surface area contributed by atoms with Gasteiger partial charge in [-0.2, -0.15) is 9.40 Å². The molecule has 0 aliphatic carbocycles. The van der Waals surface area contributed by atoms with E-state index in [2.05, 4.69) is 20.4 Å². The van der Waals surface area contributed by atoms with Crippen LogP contribution in [-0.2, 0) is 27.8 Å². The fraction of sp³-hybridized carbons (Fsp3) is 0.400. The zero-order valence-electron chi connectivity index (χ0n) is 25.5. The van der Waals surface area contributed by atoms with Gasteiger partial charge in [0.1, 0.15) is 17.7 Å². The average Bonchev–Trinajstić information content (AvgIpc) is 3.68. The van der Waals surface area contributed by atoms with Crippen LogP contribution >= 0.6 is 0 Å². The van der Waals surface area contributed by atoms with E-state index in [0.717, 1.165) is 29.5 Å². The second kappa shape index (κ2) is 12.5. The summed E-state index contributed by atoms with van der Waals surface area (Å²) < 4.78 is 55.3. The summed E-state index contributed by atoms with van der Waals surface area (Å²) in [5, 5.41) is 19.6. The molecular formula is C30H34F2N8O6S. The highest BCUT2D eigenvalue weighted by Crippen LogP contribution is 2.38. The maximum Gasteiger partial charge on any atom is 0.326 e. The van der Waals surface area contributed by atoms with E-state index in [9.17, 15) is 36.7 Å². The first-order chi connectivity index (χ1) is 22.3. The van der Waals surface area contributed by atoms with Crippen molar-refractivity contribution in [3.05, 3.63) is 64.4 Å². The number of aromatic amines is 1. The number of piperazine rings is 1. The molecule has 47 heavy (non-hydrogen) atoms. The highest BCUT2D eigenvalue weighted by Gasteiger charge is 2.36. The third kappa shape index (κ3) is 6.25. The third-order valence-corrected chi connectivity index (χ3v) is 10.7. The number of carbonyl (C=O) groups is 3. The number of rotatable bonds is 8. The van der Waals surface area contributed by atoms with Crippen LogP contribution in [-0.4, -0.2) is 103 Å². The summed E-state index contributed by atoms with van der Waals surface area (Å²) in [5.41, 5.74) is 7.58. The number of fused-ring (bicyclic) bond motifs is 1. The van der Waals surface area contributed by atoms with Gasteiger partial charge in [-0.15, -0.1) is 0 Å². The molecule has 0 unspecified atom stereocenters. The number of likely N-dealkylation sites (N-methyl/N-ethyl adjacent to an activating group) is 1. The molecule has 2 fully saturated rings. The Kier molecular flexibility index (Phi) is 8.62. The van der Waals surface area contributed by atoms with E-state index in [1.165, 1.54) is 12.1 Å². The molecule has 1 atom stereocenters. The smallest absolute Gasteiger partial charge is 0.326 e. The summed E-state index contributed by atoms with van der Waals surface area (Å²) in [6.07, 6.45) is 1.22. The molecule has 0 bridgehead atoms. The number of amides is 2. The number of hydrogen-bond acceptors (Lipinski definition) is 9. The second-order valence-electron chi connectivity index (χ2n) is 11.9. The lowest BCUT2D eigenvalue weighted by atomic mass is 10.0. The quantitative estimate of drug-likeness (QED) is 0.274. The number of H-pyrrole nitrogens is 1. The number of halogens is 2. The Balaban J connectivity index is 1.34. The number of nitrogens with two attached hydrogens (primary N) is 1. The van der Waals surface area contributed by atoms with Crippen LogP contribution in [0.2, 0.25) is 0 Å². The van der Waals surface area contributed by atoms with Crippen LogP contribution in [0.3, 0.4) is 0 Å². The van der Waals surface area contributed by atoms with Crippen LogP contribution in [0, 0.1) is 11.6 Å². The van der Waals surface area contributed by atoms with Gasteiger partial charge in [-0.3, -0.25) is 14.7 Å². The molecule has 3 aliphatic heterocycles. The third-order valence-electron chi connectivity index (χ3n) is 8.92. The fourth-order valence-electron chi connectivity index (χ4n) is 6.39. The van der Waals surface area contributed by atoms with Crippen molar-refractivity contribution in [2.75, 3.05) is 61.4 Å². The van der Waals surface area contributed by atoms with Gasteiger partial charge in [0.25, 0.3) is 5.91 Å².